The summed E-state index contributed by atoms with van der Waals surface area (Å²) in [7, 11) is 0. The number of esters is 1. The minimum absolute atomic E-state index is 0.0279. The van der Waals surface area contributed by atoms with Gasteiger partial charge in [-0.15, -0.1) is 11.3 Å². The largest absolute Gasteiger partial charge is 0.478 e. The summed E-state index contributed by atoms with van der Waals surface area (Å²) in [5, 5.41) is 3.82. The fourth-order valence-electron chi connectivity index (χ4n) is 3.28. The average molecular weight is 465 g/mol. The third kappa shape index (κ3) is 5.19. The molecule has 0 spiro atoms. The van der Waals surface area contributed by atoms with Crippen molar-refractivity contribution in [2.24, 2.45) is 0 Å². The number of hydrogen-bond donors (Lipinski definition) is 1. The summed E-state index contributed by atoms with van der Waals surface area (Å²) in [5.41, 5.74) is -0.0243. The van der Waals surface area contributed by atoms with E-state index in [0.717, 1.165) is 10.4 Å². The zero-order valence-corrected chi connectivity index (χ0v) is 19.5. The van der Waals surface area contributed by atoms with E-state index < -0.39 is 17.5 Å². The third-order valence-electron chi connectivity index (χ3n) is 4.94. The van der Waals surface area contributed by atoms with Crippen LogP contribution >= 0.6 is 22.9 Å². The summed E-state index contributed by atoms with van der Waals surface area (Å²) in [5.74, 6) is -0.421. The Morgan fingerprint density at radius 1 is 1.23 bits per heavy atom. The number of nitrogens with zero attached hydrogens (tertiary/aromatic N) is 1. The lowest BCUT2D eigenvalue weighted by atomic mass is 10.0. The highest BCUT2D eigenvalue weighted by molar-refractivity contribution is 7.17. The Kier molecular flexibility index (Phi) is 6.91. The molecular formula is C22H25ClN2O5S. The van der Waals surface area contributed by atoms with E-state index in [1.807, 2.05) is 0 Å². The van der Waals surface area contributed by atoms with E-state index in [1.165, 1.54) is 18.3 Å². The monoisotopic (exact) mass is 464 g/mol. The van der Waals surface area contributed by atoms with Gasteiger partial charge in [0.05, 0.1) is 18.7 Å². The maximum absolute atomic E-state index is 13.1. The van der Waals surface area contributed by atoms with Gasteiger partial charge in [0.1, 0.15) is 10.8 Å². The second kappa shape index (κ2) is 9.28. The zero-order valence-electron chi connectivity index (χ0n) is 17.9. The van der Waals surface area contributed by atoms with Crippen molar-refractivity contribution in [3.05, 3.63) is 45.3 Å². The van der Waals surface area contributed by atoms with E-state index >= 15 is 0 Å². The molecule has 0 fully saturated rings. The second-order valence-corrected chi connectivity index (χ2v) is 9.18. The van der Waals surface area contributed by atoms with Crippen molar-refractivity contribution < 1.29 is 23.9 Å². The van der Waals surface area contributed by atoms with Gasteiger partial charge in [-0.2, -0.15) is 0 Å². The zero-order chi connectivity index (χ0) is 22.8. The molecule has 31 heavy (non-hydrogen) atoms. The molecule has 0 radical (unpaired) electrons. The molecule has 1 N–H and O–H groups in total. The molecule has 0 atom stereocenters. The van der Waals surface area contributed by atoms with E-state index in [2.05, 4.69) is 5.32 Å². The topological polar surface area (TPSA) is 84.9 Å². The molecule has 3 rings (SSSR count). The van der Waals surface area contributed by atoms with E-state index in [4.69, 9.17) is 21.1 Å². The van der Waals surface area contributed by atoms with Gasteiger partial charge in [0.2, 0.25) is 5.91 Å². The van der Waals surface area contributed by atoms with Crippen LogP contribution in [0.4, 0.5) is 5.00 Å². The Labute approximate surface area is 190 Å². The van der Waals surface area contributed by atoms with Crippen molar-refractivity contribution in [3.63, 3.8) is 0 Å². The van der Waals surface area contributed by atoms with E-state index in [9.17, 15) is 14.4 Å². The van der Waals surface area contributed by atoms with Gasteiger partial charge in [-0.1, -0.05) is 11.6 Å². The fraction of sp³-hybridized carbons (Fsp3) is 0.409. The minimum atomic E-state index is -1.21. The first-order valence-corrected chi connectivity index (χ1v) is 11.1. The molecule has 0 saturated heterocycles. The number of rotatable bonds is 6. The van der Waals surface area contributed by atoms with Crippen molar-refractivity contribution in [1.82, 2.24) is 4.90 Å². The van der Waals surface area contributed by atoms with E-state index in [1.54, 1.807) is 49.9 Å². The number of hydrogen-bond acceptors (Lipinski definition) is 6. The Morgan fingerprint density at radius 3 is 2.52 bits per heavy atom. The molecule has 1 aromatic carbocycles. The van der Waals surface area contributed by atoms with Crippen LogP contribution in [0.2, 0.25) is 5.02 Å². The number of thiophene rings is 1. The molecule has 2 amide bonds. The quantitative estimate of drug-likeness (QED) is 0.645. The summed E-state index contributed by atoms with van der Waals surface area (Å²) >= 11 is 7.19. The standard InChI is InChI=1S/C22H25ClN2O5S/c1-5-29-20(27)18-16-10-11-25(13(2)26)12-17(16)31-19(18)24-21(28)22(3,4)30-15-8-6-14(23)7-9-15/h6-9H,5,10-12H2,1-4H3,(H,24,28). The van der Waals surface area contributed by atoms with Gasteiger partial charge in [0.25, 0.3) is 5.91 Å². The Balaban J connectivity index is 1.87. The summed E-state index contributed by atoms with van der Waals surface area (Å²) in [6, 6.07) is 6.72. The van der Waals surface area contributed by atoms with Crippen molar-refractivity contribution in [2.75, 3.05) is 18.5 Å². The lowest BCUT2D eigenvalue weighted by Crippen LogP contribution is -2.42. The molecule has 1 aliphatic heterocycles. The van der Waals surface area contributed by atoms with Gasteiger partial charge in [0.15, 0.2) is 5.60 Å². The molecule has 0 aliphatic carbocycles. The van der Waals surface area contributed by atoms with Gasteiger partial charge in [0, 0.05) is 23.4 Å². The predicted molar refractivity (Wildman–Crippen MR) is 120 cm³/mol. The molecule has 0 unspecified atom stereocenters. The van der Waals surface area contributed by atoms with Crippen LogP contribution < -0.4 is 10.1 Å². The maximum Gasteiger partial charge on any atom is 0.341 e. The Hall–Kier alpha value is -2.58. The molecule has 7 nitrogen and oxygen atoms in total. The highest BCUT2D eigenvalue weighted by atomic mass is 35.5. The first-order valence-electron chi connectivity index (χ1n) is 9.95. The van der Waals surface area contributed by atoms with Gasteiger partial charge < -0.3 is 19.7 Å². The summed E-state index contributed by atoms with van der Waals surface area (Å²) in [4.78, 5) is 40.1. The number of carbonyl (C=O) groups is 3. The summed E-state index contributed by atoms with van der Waals surface area (Å²) in [6.07, 6.45) is 0.528. The first-order chi connectivity index (χ1) is 14.6. The molecule has 2 heterocycles. The normalized spacial score (nSPS) is 13.4. The van der Waals surface area contributed by atoms with Crippen LogP contribution in [0, 0.1) is 0 Å². The number of fused-ring (bicyclic) bond motifs is 1. The van der Waals surface area contributed by atoms with Gasteiger partial charge >= 0.3 is 5.97 Å². The average Bonchev–Trinajstić information content (AvgIpc) is 3.06. The second-order valence-electron chi connectivity index (χ2n) is 7.64. The van der Waals surface area contributed by atoms with Crippen LogP contribution in [-0.4, -0.2) is 41.4 Å². The number of anilines is 1. The Bertz CT molecular complexity index is 1000. The van der Waals surface area contributed by atoms with Gasteiger partial charge in [-0.3, -0.25) is 9.59 Å². The molecular weight excluding hydrogens is 440 g/mol. The number of amides is 2. The number of halogens is 1. The fourth-order valence-corrected chi connectivity index (χ4v) is 4.65. The molecule has 0 bridgehead atoms. The van der Waals surface area contributed by atoms with Crippen molar-refractivity contribution >= 4 is 45.7 Å². The van der Waals surface area contributed by atoms with Crippen molar-refractivity contribution in [1.29, 1.82) is 0 Å². The van der Waals surface area contributed by atoms with Crippen LogP contribution in [0.5, 0.6) is 5.75 Å². The molecule has 1 aromatic heterocycles. The maximum atomic E-state index is 13.1. The SMILES string of the molecule is CCOC(=O)c1c(NC(=O)C(C)(C)Oc2ccc(Cl)cc2)sc2c1CCN(C(C)=O)C2. The predicted octanol–water partition coefficient (Wildman–Crippen LogP) is 4.28. The summed E-state index contributed by atoms with van der Waals surface area (Å²) < 4.78 is 11.1. The van der Waals surface area contributed by atoms with Crippen LogP contribution in [0.3, 0.4) is 0 Å². The van der Waals surface area contributed by atoms with Gasteiger partial charge in [-0.05, 0) is 57.0 Å². The van der Waals surface area contributed by atoms with Crippen LogP contribution in [-0.2, 0) is 27.3 Å². The highest BCUT2D eigenvalue weighted by Crippen LogP contribution is 2.38. The molecule has 1 aliphatic rings. The van der Waals surface area contributed by atoms with Crippen LogP contribution in [0.15, 0.2) is 24.3 Å². The van der Waals surface area contributed by atoms with Crippen LogP contribution in [0.1, 0.15) is 48.5 Å². The number of benzene rings is 1. The lowest BCUT2D eigenvalue weighted by molar-refractivity contribution is -0.129. The van der Waals surface area contributed by atoms with Gasteiger partial charge in [-0.25, -0.2) is 4.79 Å². The molecule has 166 valence electrons. The number of ether oxygens (including phenoxy) is 2. The number of carbonyl (C=O) groups excluding carboxylic acids is 3. The van der Waals surface area contributed by atoms with Crippen LogP contribution in [0.25, 0.3) is 0 Å². The van der Waals surface area contributed by atoms with Crippen molar-refractivity contribution in [2.45, 2.75) is 46.3 Å². The smallest absolute Gasteiger partial charge is 0.341 e. The third-order valence-corrected chi connectivity index (χ3v) is 6.33. The van der Waals surface area contributed by atoms with Crippen molar-refractivity contribution in [3.8, 4) is 5.75 Å². The molecule has 9 heteroatoms. The number of nitrogens with one attached hydrogen (secondary N) is 1. The van der Waals surface area contributed by atoms with E-state index in [0.29, 0.717) is 40.8 Å². The highest BCUT2D eigenvalue weighted by Gasteiger charge is 2.34. The molecule has 2 aromatic rings. The minimum Gasteiger partial charge on any atom is -0.478 e. The Morgan fingerprint density at radius 2 is 1.90 bits per heavy atom. The molecule has 0 saturated carbocycles. The lowest BCUT2D eigenvalue weighted by Gasteiger charge is -2.26. The first kappa shape index (κ1) is 23.1. The van der Waals surface area contributed by atoms with E-state index in [-0.39, 0.29) is 12.5 Å². The summed E-state index contributed by atoms with van der Waals surface area (Å²) in [6.45, 7) is 7.69.